The molecule has 0 atom stereocenters. The maximum Gasteiger partial charge on any atom is 0.130 e. The van der Waals surface area contributed by atoms with Crippen molar-refractivity contribution in [3.05, 3.63) is 28.8 Å². The first kappa shape index (κ1) is 11.8. The molecule has 0 fully saturated rings. The van der Waals surface area contributed by atoms with E-state index in [1.54, 1.807) is 7.11 Å². The summed E-state index contributed by atoms with van der Waals surface area (Å²) in [5.74, 6) is 0.787. The van der Waals surface area contributed by atoms with Gasteiger partial charge in [0.25, 0.3) is 0 Å². The normalized spacial score (nSPS) is 11.3. The Kier molecular flexibility index (Phi) is 3.18. The van der Waals surface area contributed by atoms with Crippen LogP contribution < -0.4 is 4.74 Å². The second-order valence-electron chi connectivity index (χ2n) is 4.48. The summed E-state index contributed by atoms with van der Waals surface area (Å²) in [6.45, 7) is 7.87. The van der Waals surface area contributed by atoms with E-state index in [2.05, 4.69) is 0 Å². The SMILES string of the molecule is COc1cc(C)c(C)cc1C(C)(C)C=O. The van der Waals surface area contributed by atoms with Gasteiger partial charge in [-0.1, -0.05) is 6.07 Å². The third-order valence-electron chi connectivity index (χ3n) is 2.80. The molecule has 0 amide bonds. The highest BCUT2D eigenvalue weighted by atomic mass is 16.5. The van der Waals surface area contributed by atoms with Gasteiger partial charge in [-0.05, 0) is 44.9 Å². The molecule has 0 saturated heterocycles. The van der Waals surface area contributed by atoms with Crippen LogP contribution in [0.25, 0.3) is 0 Å². The molecule has 0 heterocycles. The number of rotatable bonds is 3. The minimum atomic E-state index is -0.496. The van der Waals surface area contributed by atoms with E-state index in [1.165, 1.54) is 11.1 Å². The number of carbonyl (C=O) groups is 1. The van der Waals surface area contributed by atoms with Crippen LogP contribution in [-0.2, 0) is 10.2 Å². The minimum absolute atomic E-state index is 0.496. The van der Waals surface area contributed by atoms with Gasteiger partial charge in [-0.3, -0.25) is 0 Å². The Morgan fingerprint density at radius 2 is 1.73 bits per heavy atom. The van der Waals surface area contributed by atoms with E-state index in [0.29, 0.717) is 0 Å². The molecule has 0 aliphatic heterocycles. The standard InChI is InChI=1S/C13H18O2/c1-9-6-11(13(3,4)8-14)12(15-5)7-10(9)2/h6-8H,1-5H3. The monoisotopic (exact) mass is 206 g/mol. The van der Waals surface area contributed by atoms with Gasteiger partial charge in [-0.2, -0.15) is 0 Å². The molecule has 82 valence electrons. The number of ether oxygens (including phenoxy) is 1. The molecule has 0 aromatic heterocycles. The van der Waals surface area contributed by atoms with E-state index in [-0.39, 0.29) is 0 Å². The Balaban J connectivity index is 3.40. The Bertz CT molecular complexity index is 378. The minimum Gasteiger partial charge on any atom is -0.496 e. The van der Waals surface area contributed by atoms with Gasteiger partial charge in [0.05, 0.1) is 7.11 Å². The predicted molar refractivity (Wildman–Crippen MR) is 61.6 cm³/mol. The van der Waals surface area contributed by atoms with Gasteiger partial charge >= 0.3 is 0 Å². The predicted octanol–water partition coefficient (Wildman–Crippen LogP) is 2.79. The summed E-state index contributed by atoms with van der Waals surface area (Å²) in [6, 6.07) is 4.01. The van der Waals surface area contributed by atoms with E-state index >= 15 is 0 Å². The number of aryl methyl sites for hydroxylation is 2. The van der Waals surface area contributed by atoms with Crippen molar-refractivity contribution in [2.45, 2.75) is 33.1 Å². The fourth-order valence-electron chi connectivity index (χ4n) is 1.53. The highest BCUT2D eigenvalue weighted by molar-refractivity contribution is 5.69. The molecule has 0 bridgehead atoms. The molecule has 0 aliphatic carbocycles. The van der Waals surface area contributed by atoms with Crippen LogP contribution in [0.4, 0.5) is 0 Å². The van der Waals surface area contributed by atoms with Crippen LogP contribution in [-0.4, -0.2) is 13.4 Å². The van der Waals surface area contributed by atoms with Crippen LogP contribution >= 0.6 is 0 Å². The molecule has 2 heteroatoms. The van der Waals surface area contributed by atoms with E-state index in [1.807, 2.05) is 39.8 Å². The van der Waals surface area contributed by atoms with Crippen molar-refractivity contribution >= 4 is 6.29 Å². The Labute approximate surface area is 91.3 Å². The zero-order valence-corrected chi connectivity index (χ0v) is 10.0. The van der Waals surface area contributed by atoms with Gasteiger partial charge in [0.2, 0.25) is 0 Å². The van der Waals surface area contributed by atoms with Crippen molar-refractivity contribution in [2.75, 3.05) is 7.11 Å². The van der Waals surface area contributed by atoms with Crippen LogP contribution in [0, 0.1) is 13.8 Å². The van der Waals surface area contributed by atoms with Crippen molar-refractivity contribution in [3.8, 4) is 5.75 Å². The summed E-state index contributed by atoms with van der Waals surface area (Å²) in [7, 11) is 1.63. The molecule has 1 rings (SSSR count). The van der Waals surface area contributed by atoms with Crippen molar-refractivity contribution in [3.63, 3.8) is 0 Å². The van der Waals surface area contributed by atoms with Crippen molar-refractivity contribution in [1.29, 1.82) is 0 Å². The van der Waals surface area contributed by atoms with Gasteiger partial charge in [0.1, 0.15) is 12.0 Å². The van der Waals surface area contributed by atoms with Gasteiger partial charge in [0.15, 0.2) is 0 Å². The highest BCUT2D eigenvalue weighted by Gasteiger charge is 2.24. The second-order valence-corrected chi connectivity index (χ2v) is 4.48. The molecule has 0 saturated carbocycles. The quantitative estimate of drug-likeness (QED) is 0.711. The molecule has 1 aromatic rings. The number of carbonyl (C=O) groups excluding carboxylic acids is 1. The van der Waals surface area contributed by atoms with E-state index < -0.39 is 5.41 Å². The number of hydrogen-bond acceptors (Lipinski definition) is 2. The second kappa shape index (κ2) is 4.05. The molecule has 1 aromatic carbocycles. The Hall–Kier alpha value is -1.31. The lowest BCUT2D eigenvalue weighted by Crippen LogP contribution is -2.20. The molecule has 0 radical (unpaired) electrons. The van der Waals surface area contributed by atoms with Crippen molar-refractivity contribution in [1.82, 2.24) is 0 Å². The van der Waals surface area contributed by atoms with Gasteiger partial charge in [0, 0.05) is 11.0 Å². The summed E-state index contributed by atoms with van der Waals surface area (Å²) in [5.41, 5.74) is 2.81. The summed E-state index contributed by atoms with van der Waals surface area (Å²) in [6.07, 6.45) is 0.958. The first-order valence-electron chi connectivity index (χ1n) is 5.04. The highest BCUT2D eigenvalue weighted by Crippen LogP contribution is 2.32. The zero-order chi connectivity index (χ0) is 11.6. The van der Waals surface area contributed by atoms with Crippen LogP contribution in [0.5, 0.6) is 5.75 Å². The summed E-state index contributed by atoms with van der Waals surface area (Å²) >= 11 is 0. The third kappa shape index (κ3) is 2.20. The summed E-state index contributed by atoms with van der Waals surface area (Å²) < 4.78 is 5.31. The average Bonchev–Trinajstić information content (AvgIpc) is 2.21. The number of aldehydes is 1. The van der Waals surface area contributed by atoms with Crippen LogP contribution in [0.2, 0.25) is 0 Å². The first-order valence-corrected chi connectivity index (χ1v) is 5.04. The number of methoxy groups -OCH3 is 1. The lowest BCUT2D eigenvalue weighted by molar-refractivity contribution is -0.111. The van der Waals surface area contributed by atoms with Crippen LogP contribution in [0.3, 0.4) is 0 Å². The topological polar surface area (TPSA) is 26.3 Å². The maximum atomic E-state index is 11.0. The molecule has 0 unspecified atom stereocenters. The molecule has 0 spiro atoms. The Morgan fingerprint density at radius 1 is 1.20 bits per heavy atom. The molecule has 0 N–H and O–H groups in total. The number of benzene rings is 1. The van der Waals surface area contributed by atoms with Gasteiger partial charge in [-0.25, -0.2) is 0 Å². The number of hydrogen-bond donors (Lipinski definition) is 0. The smallest absolute Gasteiger partial charge is 0.130 e. The summed E-state index contributed by atoms with van der Waals surface area (Å²) in [4.78, 5) is 11.0. The lowest BCUT2D eigenvalue weighted by atomic mass is 9.84. The van der Waals surface area contributed by atoms with Gasteiger partial charge < -0.3 is 9.53 Å². The average molecular weight is 206 g/mol. The molecule has 2 nitrogen and oxygen atoms in total. The third-order valence-corrected chi connectivity index (χ3v) is 2.80. The maximum absolute atomic E-state index is 11.0. The van der Waals surface area contributed by atoms with Crippen molar-refractivity contribution in [2.24, 2.45) is 0 Å². The molecular formula is C13H18O2. The van der Waals surface area contributed by atoms with Gasteiger partial charge in [-0.15, -0.1) is 0 Å². The largest absolute Gasteiger partial charge is 0.496 e. The van der Waals surface area contributed by atoms with E-state index in [9.17, 15) is 4.79 Å². The van der Waals surface area contributed by atoms with Crippen molar-refractivity contribution < 1.29 is 9.53 Å². The van der Waals surface area contributed by atoms with Crippen LogP contribution in [0.15, 0.2) is 12.1 Å². The Morgan fingerprint density at radius 3 is 2.20 bits per heavy atom. The fourth-order valence-corrected chi connectivity index (χ4v) is 1.53. The first-order chi connectivity index (χ1) is 6.92. The van der Waals surface area contributed by atoms with Crippen LogP contribution in [0.1, 0.15) is 30.5 Å². The van der Waals surface area contributed by atoms with E-state index in [4.69, 9.17) is 4.74 Å². The fraction of sp³-hybridized carbons (Fsp3) is 0.462. The zero-order valence-electron chi connectivity index (χ0n) is 10.0. The molecule has 0 aliphatic rings. The molecule has 15 heavy (non-hydrogen) atoms. The van der Waals surface area contributed by atoms with E-state index in [0.717, 1.165) is 17.6 Å². The lowest BCUT2D eigenvalue weighted by Gasteiger charge is -2.22. The summed E-state index contributed by atoms with van der Waals surface area (Å²) in [5, 5.41) is 0. The molecular weight excluding hydrogens is 188 g/mol.